The molecule has 0 aliphatic heterocycles. The zero-order valence-corrected chi connectivity index (χ0v) is 17.7. The summed E-state index contributed by atoms with van der Waals surface area (Å²) >= 11 is 0. The van der Waals surface area contributed by atoms with Gasteiger partial charge in [0.2, 0.25) is 0 Å². The van der Waals surface area contributed by atoms with Crippen molar-refractivity contribution < 1.29 is 14.3 Å². The summed E-state index contributed by atoms with van der Waals surface area (Å²) in [4.78, 5) is 12.5. The van der Waals surface area contributed by atoms with Crippen molar-refractivity contribution in [3.8, 4) is 11.5 Å². The Bertz CT molecular complexity index is 1150. The van der Waals surface area contributed by atoms with Gasteiger partial charge in [-0.15, -0.1) is 0 Å². The van der Waals surface area contributed by atoms with Crippen LogP contribution >= 0.6 is 0 Å². The van der Waals surface area contributed by atoms with Gasteiger partial charge >= 0.3 is 0 Å². The Morgan fingerprint density at radius 3 is 1.56 bits per heavy atom. The molecule has 0 spiro atoms. The first-order valence-corrected chi connectivity index (χ1v) is 10.5. The highest BCUT2D eigenvalue weighted by Gasteiger charge is 2.03. The maximum Gasteiger partial charge on any atom is 0.185 e. The summed E-state index contributed by atoms with van der Waals surface area (Å²) in [6.45, 7) is 1.03. The summed E-state index contributed by atoms with van der Waals surface area (Å²) in [7, 11) is 0. The number of allylic oxidation sites excluding steroid dienone is 1. The fraction of sp³-hybridized carbons (Fsp3) is 0.0690. The Morgan fingerprint density at radius 2 is 1.06 bits per heavy atom. The number of rotatable bonds is 9. The van der Waals surface area contributed by atoms with Gasteiger partial charge in [0.05, 0.1) is 0 Å². The first-order chi connectivity index (χ1) is 15.8. The Labute approximate surface area is 188 Å². The number of hydrogen-bond acceptors (Lipinski definition) is 3. The van der Waals surface area contributed by atoms with Gasteiger partial charge in [-0.2, -0.15) is 0 Å². The molecule has 0 aliphatic carbocycles. The van der Waals surface area contributed by atoms with Gasteiger partial charge in [0.25, 0.3) is 0 Å². The van der Waals surface area contributed by atoms with E-state index in [0.29, 0.717) is 18.8 Å². The van der Waals surface area contributed by atoms with Gasteiger partial charge in [0.15, 0.2) is 5.78 Å². The summed E-state index contributed by atoms with van der Waals surface area (Å²) in [5.74, 6) is 1.48. The number of hydrogen-bond donors (Lipinski definition) is 0. The molecule has 0 atom stereocenters. The SMILES string of the molecule is O=C(/C=C/c1ccc(OCc2ccccc2)cc1)c1ccc(OCc2ccccc2)cc1. The van der Waals surface area contributed by atoms with Crippen LogP contribution in [0.1, 0.15) is 27.0 Å². The van der Waals surface area contributed by atoms with Gasteiger partial charge in [-0.3, -0.25) is 4.79 Å². The number of benzene rings is 4. The van der Waals surface area contributed by atoms with Crippen LogP contribution in [0.2, 0.25) is 0 Å². The molecule has 0 aromatic heterocycles. The predicted molar refractivity (Wildman–Crippen MR) is 128 cm³/mol. The molecule has 32 heavy (non-hydrogen) atoms. The molecule has 0 saturated carbocycles. The van der Waals surface area contributed by atoms with Crippen LogP contribution in [0.3, 0.4) is 0 Å². The zero-order valence-electron chi connectivity index (χ0n) is 17.7. The van der Waals surface area contributed by atoms with E-state index in [4.69, 9.17) is 9.47 Å². The molecular formula is C29H24O3. The minimum Gasteiger partial charge on any atom is -0.489 e. The van der Waals surface area contributed by atoms with Gasteiger partial charge < -0.3 is 9.47 Å². The van der Waals surface area contributed by atoms with Crippen LogP contribution in [0, 0.1) is 0 Å². The normalized spacial score (nSPS) is 10.8. The monoisotopic (exact) mass is 420 g/mol. The third-order valence-corrected chi connectivity index (χ3v) is 4.94. The molecule has 158 valence electrons. The summed E-state index contributed by atoms with van der Waals surface area (Å²) in [6, 6.07) is 34.9. The fourth-order valence-electron chi connectivity index (χ4n) is 3.14. The van der Waals surface area contributed by atoms with Crippen molar-refractivity contribution in [2.75, 3.05) is 0 Å². The number of ether oxygens (including phenoxy) is 2. The van der Waals surface area contributed by atoms with Crippen molar-refractivity contribution in [3.05, 3.63) is 138 Å². The maximum absolute atomic E-state index is 12.5. The van der Waals surface area contributed by atoms with Crippen molar-refractivity contribution >= 4 is 11.9 Å². The van der Waals surface area contributed by atoms with Crippen molar-refractivity contribution in [3.63, 3.8) is 0 Å². The van der Waals surface area contributed by atoms with Crippen LogP contribution in [0.25, 0.3) is 6.08 Å². The highest BCUT2D eigenvalue weighted by atomic mass is 16.5. The van der Waals surface area contributed by atoms with Gasteiger partial charge in [0.1, 0.15) is 24.7 Å². The Kier molecular flexibility index (Phi) is 7.12. The van der Waals surface area contributed by atoms with E-state index in [1.54, 1.807) is 18.2 Å². The van der Waals surface area contributed by atoms with Crippen LogP contribution in [-0.4, -0.2) is 5.78 Å². The molecule has 0 N–H and O–H groups in total. The van der Waals surface area contributed by atoms with E-state index in [9.17, 15) is 4.79 Å². The third-order valence-electron chi connectivity index (χ3n) is 4.94. The Hall–Kier alpha value is -4.11. The molecule has 0 fully saturated rings. The second-order valence-electron chi connectivity index (χ2n) is 7.34. The second kappa shape index (κ2) is 10.8. The van der Waals surface area contributed by atoms with Crippen LogP contribution < -0.4 is 9.47 Å². The lowest BCUT2D eigenvalue weighted by Crippen LogP contribution is -1.97. The molecule has 4 aromatic rings. The van der Waals surface area contributed by atoms with Crippen molar-refractivity contribution in [1.29, 1.82) is 0 Å². The quantitative estimate of drug-likeness (QED) is 0.222. The van der Waals surface area contributed by atoms with E-state index in [1.807, 2.05) is 103 Å². The van der Waals surface area contributed by atoms with Gasteiger partial charge in [-0.1, -0.05) is 78.9 Å². The topological polar surface area (TPSA) is 35.5 Å². The second-order valence-corrected chi connectivity index (χ2v) is 7.34. The largest absolute Gasteiger partial charge is 0.489 e. The first kappa shape index (κ1) is 21.1. The number of carbonyl (C=O) groups excluding carboxylic acids is 1. The molecule has 0 heterocycles. The fourth-order valence-corrected chi connectivity index (χ4v) is 3.14. The minimum absolute atomic E-state index is 0.0518. The standard InChI is InChI=1S/C29H24O3/c30-29(26-14-18-28(19-15-26)32-22-25-9-5-2-6-10-25)20-13-23-11-16-27(17-12-23)31-21-24-7-3-1-4-8-24/h1-20H,21-22H2/b20-13+. The summed E-state index contributed by atoms with van der Waals surface area (Å²) < 4.78 is 11.6. The Balaban J connectivity index is 1.28. The molecule has 3 nitrogen and oxygen atoms in total. The lowest BCUT2D eigenvalue weighted by Gasteiger charge is -2.07. The highest BCUT2D eigenvalue weighted by molar-refractivity contribution is 6.06. The molecule has 0 unspecified atom stereocenters. The molecule has 0 amide bonds. The summed E-state index contributed by atoms with van der Waals surface area (Å²) in [5, 5.41) is 0. The average Bonchev–Trinajstić information content (AvgIpc) is 2.87. The molecule has 0 aliphatic rings. The molecule has 4 aromatic carbocycles. The van der Waals surface area contributed by atoms with Crippen molar-refractivity contribution in [1.82, 2.24) is 0 Å². The number of carbonyl (C=O) groups is 1. The lowest BCUT2D eigenvalue weighted by atomic mass is 10.1. The van der Waals surface area contributed by atoms with Crippen LogP contribution in [0.15, 0.2) is 115 Å². The van der Waals surface area contributed by atoms with E-state index in [-0.39, 0.29) is 5.78 Å². The molecule has 3 heteroatoms. The summed E-state index contributed by atoms with van der Waals surface area (Å²) in [5.41, 5.74) is 3.79. The van der Waals surface area contributed by atoms with E-state index in [0.717, 1.165) is 28.2 Å². The highest BCUT2D eigenvalue weighted by Crippen LogP contribution is 2.17. The van der Waals surface area contributed by atoms with E-state index in [2.05, 4.69) is 0 Å². The van der Waals surface area contributed by atoms with Gasteiger partial charge in [0, 0.05) is 5.56 Å². The average molecular weight is 421 g/mol. The van der Waals surface area contributed by atoms with Crippen LogP contribution in [0.4, 0.5) is 0 Å². The van der Waals surface area contributed by atoms with Crippen molar-refractivity contribution in [2.45, 2.75) is 13.2 Å². The van der Waals surface area contributed by atoms with E-state index < -0.39 is 0 Å². The summed E-state index contributed by atoms with van der Waals surface area (Å²) in [6.07, 6.45) is 3.39. The van der Waals surface area contributed by atoms with Gasteiger partial charge in [-0.05, 0) is 59.2 Å². The van der Waals surface area contributed by atoms with Crippen LogP contribution in [-0.2, 0) is 13.2 Å². The Morgan fingerprint density at radius 1 is 0.594 bits per heavy atom. The van der Waals surface area contributed by atoms with Gasteiger partial charge in [-0.25, -0.2) is 0 Å². The smallest absolute Gasteiger partial charge is 0.185 e. The minimum atomic E-state index is -0.0518. The van der Waals surface area contributed by atoms with Crippen molar-refractivity contribution in [2.24, 2.45) is 0 Å². The van der Waals surface area contributed by atoms with E-state index in [1.165, 1.54) is 0 Å². The maximum atomic E-state index is 12.5. The molecule has 0 saturated heterocycles. The predicted octanol–water partition coefficient (Wildman–Crippen LogP) is 6.74. The van der Waals surface area contributed by atoms with Crippen LogP contribution in [0.5, 0.6) is 11.5 Å². The zero-order chi connectivity index (χ0) is 22.0. The molecule has 0 bridgehead atoms. The lowest BCUT2D eigenvalue weighted by molar-refractivity contribution is 0.104. The number of ketones is 1. The first-order valence-electron chi connectivity index (χ1n) is 10.5. The molecular weight excluding hydrogens is 396 g/mol. The molecule has 4 rings (SSSR count). The molecule has 0 radical (unpaired) electrons. The van der Waals surface area contributed by atoms with E-state index >= 15 is 0 Å². The third kappa shape index (κ3) is 6.19.